The molecule has 13 nitrogen and oxygen atoms in total. The minimum absolute atomic E-state index is 0.0784. The lowest BCUT2D eigenvalue weighted by molar-refractivity contribution is -0.832. The summed E-state index contributed by atoms with van der Waals surface area (Å²) in [4.78, 5) is 17.6. The Balaban J connectivity index is 1.31. The molecule has 0 spiro atoms. The average Bonchev–Trinajstić information content (AvgIpc) is 3.44. The molecule has 44 heavy (non-hydrogen) atoms. The number of fused-ring (bicyclic) bond motifs is 1. The van der Waals surface area contributed by atoms with Crippen molar-refractivity contribution in [3.63, 3.8) is 0 Å². The topological polar surface area (TPSA) is 163 Å². The van der Waals surface area contributed by atoms with Crippen molar-refractivity contribution in [2.75, 3.05) is 34.5 Å². The molecule has 0 bridgehead atoms. The van der Waals surface area contributed by atoms with Crippen molar-refractivity contribution >= 4 is 26.7 Å². The van der Waals surface area contributed by atoms with Crippen molar-refractivity contribution < 1.29 is 46.4 Å². The second-order valence-electron chi connectivity index (χ2n) is 9.18. The number of carbonyl (C=O) groups is 1. The molecule has 0 N–H and O–H groups in total. The van der Waals surface area contributed by atoms with Gasteiger partial charge in [-0.25, -0.2) is 18.2 Å². The van der Waals surface area contributed by atoms with Gasteiger partial charge in [-0.15, -0.1) is 0 Å². The standard InChI is InChI=1S/C30H27N3O10S/c1-38-25-16-19(17-26(39-2)27(25)40-3)24-18-22(21-12-7-8-13-23(21)31-24)30(34)42-15-9-14-41-28-29(33(35)43-32-28)44(36,37)20-10-5-4-6-11-20/h4-8,10-13,16-18H,9,14-15H2,1-3H3. The van der Waals surface area contributed by atoms with E-state index in [1.165, 1.54) is 45.6 Å². The molecule has 2 aromatic heterocycles. The van der Waals surface area contributed by atoms with E-state index in [1.54, 1.807) is 42.5 Å². The van der Waals surface area contributed by atoms with E-state index in [9.17, 15) is 18.4 Å². The number of rotatable bonds is 12. The number of benzene rings is 3. The smallest absolute Gasteiger partial charge is 0.414 e. The van der Waals surface area contributed by atoms with Crippen molar-refractivity contribution in [2.24, 2.45) is 0 Å². The molecule has 0 radical (unpaired) electrons. The molecule has 0 fully saturated rings. The predicted molar refractivity (Wildman–Crippen MR) is 155 cm³/mol. The van der Waals surface area contributed by atoms with Gasteiger partial charge in [-0.05, 0) is 41.3 Å². The SMILES string of the molecule is COc1cc(-c2cc(C(=O)OCCCOc3no[n+]([O-])c3S(=O)(=O)c3ccccc3)c3ccccc3n2)cc(OC)c1OC. The molecule has 5 rings (SSSR count). The molecule has 2 heterocycles. The van der Waals surface area contributed by atoms with E-state index in [4.69, 9.17) is 28.7 Å². The Morgan fingerprint density at radius 3 is 2.27 bits per heavy atom. The van der Waals surface area contributed by atoms with Crippen LogP contribution in [0.2, 0.25) is 0 Å². The van der Waals surface area contributed by atoms with E-state index < -0.39 is 26.7 Å². The minimum Gasteiger partial charge on any atom is -0.493 e. The van der Waals surface area contributed by atoms with E-state index in [1.807, 2.05) is 6.07 Å². The van der Waals surface area contributed by atoms with Crippen LogP contribution in [0.3, 0.4) is 0 Å². The zero-order chi connectivity index (χ0) is 31.3. The van der Waals surface area contributed by atoms with Crippen LogP contribution in [0.5, 0.6) is 23.1 Å². The highest BCUT2D eigenvalue weighted by molar-refractivity contribution is 7.91. The third-order valence-corrected chi connectivity index (χ3v) is 8.24. The molecular weight excluding hydrogens is 594 g/mol. The van der Waals surface area contributed by atoms with Gasteiger partial charge in [0.1, 0.15) is 0 Å². The molecule has 0 aliphatic carbocycles. The number of nitrogens with zero attached hydrogens (tertiary/aromatic N) is 3. The van der Waals surface area contributed by atoms with Crippen molar-refractivity contribution in [1.82, 2.24) is 10.1 Å². The maximum absolute atomic E-state index is 13.3. The van der Waals surface area contributed by atoms with E-state index >= 15 is 0 Å². The molecule has 14 heteroatoms. The fraction of sp³-hybridized carbons (Fsp3) is 0.200. The van der Waals surface area contributed by atoms with Gasteiger partial charge in [0, 0.05) is 17.4 Å². The molecular formula is C30H27N3O10S. The zero-order valence-electron chi connectivity index (χ0n) is 23.9. The van der Waals surface area contributed by atoms with E-state index in [2.05, 4.69) is 9.79 Å². The molecule has 0 saturated carbocycles. The van der Waals surface area contributed by atoms with Gasteiger partial charge in [-0.2, -0.15) is 0 Å². The summed E-state index contributed by atoms with van der Waals surface area (Å²) in [5.41, 5.74) is 1.94. The third kappa shape index (κ3) is 5.92. The monoisotopic (exact) mass is 621 g/mol. The third-order valence-electron chi connectivity index (χ3n) is 6.51. The number of para-hydroxylation sites is 1. The Hall–Kier alpha value is -5.37. The quantitative estimate of drug-likeness (QED) is 0.112. The largest absolute Gasteiger partial charge is 0.493 e. The van der Waals surface area contributed by atoms with Crippen LogP contribution in [0, 0.1) is 5.21 Å². The number of hydrogen-bond donors (Lipinski definition) is 0. The lowest BCUT2D eigenvalue weighted by atomic mass is 10.0. The van der Waals surface area contributed by atoms with Gasteiger partial charge in [-0.3, -0.25) is 4.63 Å². The highest BCUT2D eigenvalue weighted by Crippen LogP contribution is 2.41. The maximum atomic E-state index is 13.3. The van der Waals surface area contributed by atoms with Gasteiger partial charge in [0.2, 0.25) is 5.75 Å². The van der Waals surface area contributed by atoms with Crippen LogP contribution in [0.1, 0.15) is 16.8 Å². The highest BCUT2D eigenvalue weighted by atomic mass is 32.2. The van der Waals surface area contributed by atoms with E-state index in [-0.39, 0.29) is 35.0 Å². The van der Waals surface area contributed by atoms with Gasteiger partial charge in [0.05, 0.1) is 61.4 Å². The first-order valence-electron chi connectivity index (χ1n) is 13.2. The second kappa shape index (κ2) is 12.9. The summed E-state index contributed by atoms with van der Waals surface area (Å²) in [6, 6.07) is 19.6. The lowest BCUT2D eigenvalue weighted by Crippen LogP contribution is -2.31. The summed E-state index contributed by atoms with van der Waals surface area (Å²) in [5.74, 6) is 0.168. The second-order valence-corrected chi connectivity index (χ2v) is 11.0. The number of carbonyl (C=O) groups excluding carboxylic acids is 1. The average molecular weight is 622 g/mol. The number of aromatic nitrogens is 3. The molecule has 5 aromatic rings. The number of hydrogen-bond acceptors (Lipinski definition) is 12. The highest BCUT2D eigenvalue weighted by Gasteiger charge is 2.35. The fourth-order valence-electron chi connectivity index (χ4n) is 4.43. The Kier molecular flexibility index (Phi) is 8.81. The first-order valence-corrected chi connectivity index (χ1v) is 14.7. The van der Waals surface area contributed by atoms with Crippen LogP contribution in [-0.2, 0) is 14.6 Å². The molecule has 3 aromatic carbocycles. The Bertz CT molecular complexity index is 1880. The van der Waals surface area contributed by atoms with Crippen LogP contribution in [0.4, 0.5) is 0 Å². The van der Waals surface area contributed by atoms with Crippen molar-refractivity contribution in [3.05, 3.63) is 83.6 Å². The summed E-state index contributed by atoms with van der Waals surface area (Å²) in [5, 5.41) is 15.3. The Morgan fingerprint density at radius 1 is 0.909 bits per heavy atom. The van der Waals surface area contributed by atoms with Crippen molar-refractivity contribution in [2.45, 2.75) is 16.3 Å². The maximum Gasteiger partial charge on any atom is 0.414 e. The number of pyridine rings is 1. The summed E-state index contributed by atoms with van der Waals surface area (Å²) in [6.07, 6.45) is 0.158. The molecule has 0 atom stereocenters. The molecule has 228 valence electrons. The van der Waals surface area contributed by atoms with Crippen LogP contribution >= 0.6 is 0 Å². The molecule has 0 aliphatic rings. The van der Waals surface area contributed by atoms with Crippen LogP contribution in [0.25, 0.3) is 22.2 Å². The molecule has 0 amide bonds. The summed E-state index contributed by atoms with van der Waals surface area (Å²) >= 11 is 0. The summed E-state index contributed by atoms with van der Waals surface area (Å²) in [6.45, 7) is -0.199. The zero-order valence-corrected chi connectivity index (χ0v) is 24.7. The van der Waals surface area contributed by atoms with Crippen molar-refractivity contribution in [3.8, 4) is 34.4 Å². The van der Waals surface area contributed by atoms with Gasteiger partial charge in [-0.1, -0.05) is 36.4 Å². The van der Waals surface area contributed by atoms with E-state index in [0.717, 1.165) is 0 Å². The molecule has 0 aliphatic heterocycles. The Morgan fingerprint density at radius 2 is 1.59 bits per heavy atom. The minimum atomic E-state index is -4.25. The summed E-state index contributed by atoms with van der Waals surface area (Å²) in [7, 11) is 0.261. The number of esters is 1. The van der Waals surface area contributed by atoms with Gasteiger partial charge in [0.15, 0.2) is 11.5 Å². The first-order chi connectivity index (χ1) is 21.3. The fourth-order valence-corrected chi connectivity index (χ4v) is 5.73. The van der Waals surface area contributed by atoms with Crippen LogP contribution in [0.15, 0.2) is 87.3 Å². The molecule has 0 saturated heterocycles. The van der Waals surface area contributed by atoms with E-state index in [0.29, 0.717) is 39.4 Å². The summed E-state index contributed by atoms with van der Waals surface area (Å²) < 4.78 is 57.6. The van der Waals surface area contributed by atoms with Crippen LogP contribution < -0.4 is 23.9 Å². The van der Waals surface area contributed by atoms with Crippen molar-refractivity contribution in [1.29, 1.82) is 0 Å². The normalized spacial score (nSPS) is 11.2. The number of sulfone groups is 1. The molecule has 0 unspecified atom stereocenters. The van der Waals surface area contributed by atoms with Crippen LogP contribution in [-0.4, -0.2) is 59.1 Å². The predicted octanol–water partition coefficient (Wildman–Crippen LogP) is 4.01. The van der Waals surface area contributed by atoms with Gasteiger partial charge < -0.3 is 28.9 Å². The lowest BCUT2D eigenvalue weighted by Gasteiger charge is -2.15. The number of methoxy groups -OCH3 is 3. The first kappa shape index (κ1) is 30.1. The van der Waals surface area contributed by atoms with Gasteiger partial charge >= 0.3 is 16.9 Å². The Labute approximate surface area is 252 Å². The van der Waals surface area contributed by atoms with Gasteiger partial charge in [0.25, 0.3) is 9.84 Å². The number of ether oxygens (including phenoxy) is 5.